The summed E-state index contributed by atoms with van der Waals surface area (Å²) in [5.41, 5.74) is 5.17. The van der Waals surface area contributed by atoms with Crippen molar-refractivity contribution in [2.75, 3.05) is 13.1 Å². The molecule has 0 aliphatic carbocycles. The summed E-state index contributed by atoms with van der Waals surface area (Å²) in [5.74, 6) is 0. The molecule has 0 bridgehead atoms. The predicted molar refractivity (Wildman–Crippen MR) is 66.9 cm³/mol. The molecule has 92 valence electrons. The summed E-state index contributed by atoms with van der Waals surface area (Å²) in [6.07, 6.45) is 7.20. The molecule has 0 aromatic heterocycles. The van der Waals surface area contributed by atoms with Gasteiger partial charge < -0.3 is 10.6 Å². The van der Waals surface area contributed by atoms with Crippen LogP contribution in [0, 0.1) is 11.3 Å². The monoisotopic (exact) mass is 223 g/mol. The number of hydrogen-bond donors (Lipinski definition) is 1. The fourth-order valence-corrected chi connectivity index (χ4v) is 2.37. The minimum Gasteiger partial charge on any atom is -0.314 e. The summed E-state index contributed by atoms with van der Waals surface area (Å²) in [5, 5.41) is 8.84. The van der Waals surface area contributed by atoms with Gasteiger partial charge in [0.2, 0.25) is 0 Å². The molecule has 1 fully saturated rings. The molecule has 2 N–H and O–H groups in total. The first-order valence-corrected chi connectivity index (χ1v) is 6.49. The zero-order valence-electron chi connectivity index (χ0n) is 10.7. The molecule has 2 unspecified atom stereocenters. The minimum atomic E-state index is -0.644. The Morgan fingerprint density at radius 3 is 2.88 bits per heavy atom. The molecule has 3 heteroatoms. The second-order valence-electron chi connectivity index (χ2n) is 5.37. The lowest BCUT2D eigenvalue weighted by atomic mass is 9.99. The van der Waals surface area contributed by atoms with E-state index in [0.717, 1.165) is 19.4 Å². The first kappa shape index (κ1) is 13.5. The van der Waals surface area contributed by atoms with Gasteiger partial charge in [0.05, 0.1) is 6.07 Å². The van der Waals surface area contributed by atoms with E-state index in [0.29, 0.717) is 6.04 Å². The van der Waals surface area contributed by atoms with Gasteiger partial charge in [-0.05, 0) is 52.6 Å². The Morgan fingerprint density at radius 1 is 1.44 bits per heavy atom. The number of likely N-dealkylation sites (tertiary alicyclic amines) is 1. The SMILES string of the molecule is CC1CCCCCN1CCCC(C)(N)C#N. The molecule has 1 aliphatic heterocycles. The van der Waals surface area contributed by atoms with Crippen molar-refractivity contribution in [1.29, 1.82) is 5.26 Å². The second kappa shape index (κ2) is 6.22. The van der Waals surface area contributed by atoms with Crippen LogP contribution in [-0.4, -0.2) is 29.6 Å². The third-order valence-electron chi connectivity index (χ3n) is 3.59. The number of nitrogens with two attached hydrogens (primary N) is 1. The predicted octanol–water partition coefficient (Wildman–Crippen LogP) is 2.27. The van der Waals surface area contributed by atoms with Crippen LogP contribution in [0.25, 0.3) is 0 Å². The third-order valence-corrected chi connectivity index (χ3v) is 3.59. The Kier molecular flexibility index (Phi) is 5.24. The normalized spacial score (nSPS) is 26.8. The van der Waals surface area contributed by atoms with Gasteiger partial charge in [0.15, 0.2) is 0 Å². The Bertz CT molecular complexity index is 242. The number of nitriles is 1. The van der Waals surface area contributed by atoms with Gasteiger partial charge in [-0.25, -0.2) is 0 Å². The molecule has 3 nitrogen and oxygen atoms in total. The molecule has 1 heterocycles. The van der Waals surface area contributed by atoms with Gasteiger partial charge >= 0.3 is 0 Å². The van der Waals surface area contributed by atoms with Gasteiger partial charge in [-0.2, -0.15) is 5.26 Å². The maximum absolute atomic E-state index is 8.84. The van der Waals surface area contributed by atoms with E-state index in [1.807, 2.05) is 6.92 Å². The van der Waals surface area contributed by atoms with Crippen molar-refractivity contribution in [2.45, 2.75) is 64.0 Å². The molecule has 0 amide bonds. The zero-order valence-corrected chi connectivity index (χ0v) is 10.7. The summed E-state index contributed by atoms with van der Waals surface area (Å²) < 4.78 is 0. The maximum atomic E-state index is 8.84. The van der Waals surface area contributed by atoms with Crippen molar-refractivity contribution < 1.29 is 0 Å². The van der Waals surface area contributed by atoms with E-state index < -0.39 is 5.54 Å². The summed E-state index contributed by atoms with van der Waals surface area (Å²) in [6.45, 7) is 6.45. The molecule has 1 saturated heterocycles. The van der Waals surface area contributed by atoms with Crippen molar-refractivity contribution in [2.24, 2.45) is 5.73 Å². The van der Waals surface area contributed by atoms with Crippen LogP contribution in [0.1, 0.15) is 52.4 Å². The van der Waals surface area contributed by atoms with Gasteiger partial charge in [0.1, 0.15) is 5.54 Å². The first-order chi connectivity index (χ1) is 7.55. The molecule has 16 heavy (non-hydrogen) atoms. The topological polar surface area (TPSA) is 53.0 Å². The van der Waals surface area contributed by atoms with Crippen LogP contribution >= 0.6 is 0 Å². The Balaban J connectivity index is 2.28. The largest absolute Gasteiger partial charge is 0.314 e. The number of rotatable bonds is 4. The van der Waals surface area contributed by atoms with E-state index in [-0.39, 0.29) is 0 Å². The molecule has 2 atom stereocenters. The summed E-state index contributed by atoms with van der Waals surface area (Å²) in [7, 11) is 0. The molecule has 1 rings (SSSR count). The molecular formula is C13H25N3. The molecule has 0 saturated carbocycles. The minimum absolute atomic E-state index is 0.644. The molecule has 0 aromatic rings. The van der Waals surface area contributed by atoms with Crippen molar-refractivity contribution >= 4 is 0 Å². The van der Waals surface area contributed by atoms with Gasteiger partial charge in [-0.3, -0.25) is 0 Å². The molecular weight excluding hydrogens is 198 g/mol. The molecule has 0 spiro atoms. The van der Waals surface area contributed by atoms with Crippen LogP contribution in [0.4, 0.5) is 0 Å². The Hall–Kier alpha value is -0.590. The first-order valence-electron chi connectivity index (χ1n) is 6.49. The number of hydrogen-bond acceptors (Lipinski definition) is 3. The summed E-state index contributed by atoms with van der Waals surface area (Å²) in [4.78, 5) is 2.56. The van der Waals surface area contributed by atoms with Gasteiger partial charge in [-0.1, -0.05) is 12.8 Å². The van der Waals surface area contributed by atoms with Crippen LogP contribution in [-0.2, 0) is 0 Å². The zero-order chi connectivity index (χ0) is 12.0. The summed E-state index contributed by atoms with van der Waals surface area (Å²) >= 11 is 0. The van der Waals surface area contributed by atoms with Crippen molar-refractivity contribution in [3.05, 3.63) is 0 Å². The fraction of sp³-hybridized carbons (Fsp3) is 0.923. The van der Waals surface area contributed by atoms with Crippen LogP contribution in [0.5, 0.6) is 0 Å². The number of nitrogens with zero attached hydrogens (tertiary/aromatic N) is 2. The van der Waals surface area contributed by atoms with Crippen molar-refractivity contribution in [3.63, 3.8) is 0 Å². The highest BCUT2D eigenvalue weighted by Crippen LogP contribution is 2.17. The highest BCUT2D eigenvalue weighted by Gasteiger charge is 2.20. The lowest BCUT2D eigenvalue weighted by Crippen LogP contribution is -2.37. The van der Waals surface area contributed by atoms with E-state index in [1.54, 1.807) is 0 Å². The van der Waals surface area contributed by atoms with Crippen LogP contribution < -0.4 is 5.73 Å². The quantitative estimate of drug-likeness (QED) is 0.795. The third kappa shape index (κ3) is 4.51. The van der Waals surface area contributed by atoms with Crippen LogP contribution in [0.2, 0.25) is 0 Å². The van der Waals surface area contributed by atoms with Crippen LogP contribution in [0.15, 0.2) is 0 Å². The average Bonchev–Trinajstić information content (AvgIpc) is 2.44. The van der Waals surface area contributed by atoms with Crippen LogP contribution in [0.3, 0.4) is 0 Å². The van der Waals surface area contributed by atoms with E-state index >= 15 is 0 Å². The lowest BCUT2D eigenvalue weighted by molar-refractivity contribution is 0.206. The lowest BCUT2D eigenvalue weighted by Gasteiger charge is -2.27. The second-order valence-corrected chi connectivity index (χ2v) is 5.37. The van der Waals surface area contributed by atoms with E-state index in [4.69, 9.17) is 11.0 Å². The van der Waals surface area contributed by atoms with Gasteiger partial charge in [0, 0.05) is 6.04 Å². The van der Waals surface area contributed by atoms with Gasteiger partial charge in [0.25, 0.3) is 0 Å². The van der Waals surface area contributed by atoms with E-state index in [1.165, 1.54) is 32.2 Å². The smallest absolute Gasteiger partial charge is 0.101 e. The molecule has 0 radical (unpaired) electrons. The highest BCUT2D eigenvalue weighted by atomic mass is 15.1. The Labute approximate surface area is 99.6 Å². The molecule has 0 aromatic carbocycles. The standard InChI is InChI=1S/C13H25N3/c1-12-7-4-3-5-9-16(12)10-6-8-13(2,15)11-14/h12H,3-10,15H2,1-2H3. The molecule has 1 aliphatic rings. The van der Waals surface area contributed by atoms with Gasteiger partial charge in [-0.15, -0.1) is 0 Å². The van der Waals surface area contributed by atoms with E-state index in [2.05, 4.69) is 17.9 Å². The van der Waals surface area contributed by atoms with E-state index in [9.17, 15) is 0 Å². The highest BCUT2D eigenvalue weighted by molar-refractivity contribution is 5.00. The summed E-state index contributed by atoms with van der Waals surface area (Å²) in [6, 6.07) is 2.86. The average molecular weight is 223 g/mol. The van der Waals surface area contributed by atoms with Crippen molar-refractivity contribution in [1.82, 2.24) is 4.90 Å². The maximum Gasteiger partial charge on any atom is 0.101 e. The van der Waals surface area contributed by atoms with Crippen molar-refractivity contribution in [3.8, 4) is 6.07 Å². The Morgan fingerprint density at radius 2 is 2.19 bits per heavy atom. The fourth-order valence-electron chi connectivity index (χ4n) is 2.37.